The number of rotatable bonds is 13. The van der Waals surface area contributed by atoms with Gasteiger partial charge >= 0.3 is 13.1 Å². The molecular weight excluding hydrogens is 375 g/mol. The van der Waals surface area contributed by atoms with Gasteiger partial charge in [-0.1, -0.05) is 0 Å². The Morgan fingerprint density at radius 1 is 1.11 bits per heavy atom. The molecule has 0 unspecified atom stereocenters. The third-order valence-corrected chi connectivity index (χ3v) is 3.44. The lowest BCUT2D eigenvalue weighted by Gasteiger charge is -2.19. The molecule has 0 saturated heterocycles. The average Bonchev–Trinajstić information content (AvgIpc) is 2.58. The Labute approximate surface area is 162 Å². The number of nitrogens with zero attached hydrogens (tertiary/aromatic N) is 1. The highest BCUT2D eigenvalue weighted by molar-refractivity contribution is 6.43. The summed E-state index contributed by atoms with van der Waals surface area (Å²) in [5.41, 5.74) is 10.3. The van der Waals surface area contributed by atoms with E-state index in [-0.39, 0.29) is 31.8 Å². The third-order valence-electron chi connectivity index (χ3n) is 3.44. The molecule has 0 saturated carbocycles. The molecule has 0 aliphatic rings. The van der Waals surface area contributed by atoms with E-state index in [0.29, 0.717) is 6.42 Å². The van der Waals surface area contributed by atoms with Crippen LogP contribution in [0.25, 0.3) is 0 Å². The van der Waals surface area contributed by atoms with E-state index in [1.807, 2.05) is 0 Å². The highest BCUT2D eigenvalue weighted by Crippen LogP contribution is 2.00. The molecule has 0 aromatic heterocycles. The van der Waals surface area contributed by atoms with Gasteiger partial charge in [-0.2, -0.15) is 0 Å². The number of carbonyl (C=O) groups excluding carboxylic acids is 3. The summed E-state index contributed by atoms with van der Waals surface area (Å²) in [4.78, 5) is 49.5. The lowest BCUT2D eigenvalue weighted by molar-refractivity contribution is -0.138. The van der Waals surface area contributed by atoms with Crippen LogP contribution in [0.2, 0.25) is 0 Å². The van der Waals surface area contributed by atoms with Gasteiger partial charge in [0.2, 0.25) is 17.7 Å². The molecule has 0 spiro atoms. The van der Waals surface area contributed by atoms with Crippen LogP contribution in [0.15, 0.2) is 4.99 Å². The molecule has 14 heteroatoms. The van der Waals surface area contributed by atoms with Crippen LogP contribution in [0.5, 0.6) is 0 Å². The predicted molar refractivity (Wildman–Crippen MR) is 99.5 cm³/mol. The number of carboxylic acid groups (broad SMARTS) is 1. The van der Waals surface area contributed by atoms with Crippen LogP contribution in [-0.2, 0) is 19.2 Å². The number of nitrogens with two attached hydrogens (primary N) is 2. The van der Waals surface area contributed by atoms with E-state index in [1.54, 1.807) is 0 Å². The summed E-state index contributed by atoms with van der Waals surface area (Å²) >= 11 is 0. The fourth-order valence-corrected chi connectivity index (χ4v) is 2.15. The largest absolute Gasteiger partial charge is 0.481 e. The van der Waals surface area contributed by atoms with Crippen LogP contribution < -0.4 is 27.4 Å². The van der Waals surface area contributed by atoms with Crippen molar-refractivity contribution in [3.63, 3.8) is 0 Å². The van der Waals surface area contributed by atoms with Crippen LogP contribution in [0.4, 0.5) is 0 Å². The van der Waals surface area contributed by atoms with Gasteiger partial charge in [-0.25, -0.2) is 0 Å². The van der Waals surface area contributed by atoms with Crippen molar-refractivity contribution in [3.8, 4) is 0 Å². The van der Waals surface area contributed by atoms with Crippen LogP contribution in [-0.4, -0.2) is 77.0 Å². The Bertz CT molecular complexity index is 583. The molecule has 0 fully saturated rings. The monoisotopic (exact) mass is 402 g/mol. The minimum atomic E-state index is -1.83. The smallest absolute Gasteiger partial charge is 0.475 e. The number of guanidine groups is 1. The van der Waals surface area contributed by atoms with Crippen molar-refractivity contribution in [2.24, 2.45) is 16.5 Å². The van der Waals surface area contributed by atoms with Crippen molar-refractivity contribution in [2.75, 3.05) is 13.1 Å². The predicted octanol–water partition coefficient (Wildman–Crippen LogP) is -3.98. The summed E-state index contributed by atoms with van der Waals surface area (Å²) in [5.74, 6) is -4.21. The Morgan fingerprint density at radius 2 is 1.75 bits per heavy atom. The number of aliphatic imine (C=N–C) groups is 1. The standard InChI is InChI=1S/C14H27BN6O7/c1-8(22)20-9(4-5-12(24)25)13(26)19-7-11(23)21-10(15(27)28)3-2-6-18-14(16)17/h9-10,27-28H,2-7H2,1H3,(H,19,26)(H,20,22)(H,21,23)(H,24,25)(H4,16,17,18)/t9-,10-/m0/s1. The third kappa shape index (κ3) is 12.5. The van der Waals surface area contributed by atoms with E-state index < -0.39 is 49.3 Å². The van der Waals surface area contributed by atoms with Crippen LogP contribution in [0, 0.1) is 0 Å². The molecule has 2 atom stereocenters. The van der Waals surface area contributed by atoms with Crippen LogP contribution >= 0.6 is 0 Å². The Balaban J connectivity index is 4.55. The van der Waals surface area contributed by atoms with Crippen molar-refractivity contribution in [1.29, 1.82) is 0 Å². The maximum absolute atomic E-state index is 12.1. The summed E-state index contributed by atoms with van der Waals surface area (Å²) in [6, 6.07) is -1.11. The van der Waals surface area contributed by atoms with Gasteiger partial charge in [0.15, 0.2) is 5.96 Å². The Morgan fingerprint density at radius 3 is 2.25 bits per heavy atom. The zero-order chi connectivity index (χ0) is 21.7. The molecule has 0 radical (unpaired) electrons. The molecule has 0 rings (SSSR count). The van der Waals surface area contributed by atoms with E-state index in [2.05, 4.69) is 20.9 Å². The van der Waals surface area contributed by atoms with Crippen molar-refractivity contribution in [1.82, 2.24) is 16.0 Å². The number of amides is 3. The molecule has 158 valence electrons. The maximum atomic E-state index is 12.1. The van der Waals surface area contributed by atoms with Crippen molar-refractivity contribution >= 4 is 36.8 Å². The highest BCUT2D eigenvalue weighted by Gasteiger charge is 2.26. The fourth-order valence-electron chi connectivity index (χ4n) is 2.15. The number of aliphatic carboxylic acids is 1. The van der Waals surface area contributed by atoms with E-state index in [1.165, 1.54) is 6.92 Å². The summed E-state index contributed by atoms with van der Waals surface area (Å²) in [7, 11) is -1.83. The molecule has 28 heavy (non-hydrogen) atoms. The molecule has 3 amide bonds. The molecular formula is C14H27BN6O7. The fraction of sp³-hybridized carbons (Fsp3) is 0.643. The zero-order valence-electron chi connectivity index (χ0n) is 15.6. The highest BCUT2D eigenvalue weighted by atomic mass is 16.4. The topological polar surface area (TPSA) is 229 Å². The molecule has 0 bridgehead atoms. The quantitative estimate of drug-likeness (QED) is 0.0649. The van der Waals surface area contributed by atoms with E-state index in [9.17, 15) is 29.2 Å². The SMILES string of the molecule is CC(=O)N[C@@H](CCC(=O)O)C(=O)NCC(=O)N[C@@H](CCCN=C(N)N)B(O)O. The second-order valence-electron chi connectivity index (χ2n) is 5.94. The van der Waals surface area contributed by atoms with E-state index in [4.69, 9.17) is 16.6 Å². The lowest BCUT2D eigenvalue weighted by Crippen LogP contribution is -2.52. The minimum Gasteiger partial charge on any atom is -0.481 e. The zero-order valence-corrected chi connectivity index (χ0v) is 15.6. The van der Waals surface area contributed by atoms with Gasteiger partial charge in [-0.15, -0.1) is 0 Å². The molecule has 0 aliphatic heterocycles. The molecule has 0 heterocycles. The van der Waals surface area contributed by atoms with Gasteiger partial charge in [0, 0.05) is 19.9 Å². The first-order valence-corrected chi connectivity index (χ1v) is 8.50. The first kappa shape index (κ1) is 25.1. The second kappa shape index (κ2) is 13.3. The lowest BCUT2D eigenvalue weighted by atomic mass is 9.76. The normalized spacial score (nSPS) is 12.2. The first-order chi connectivity index (χ1) is 13.0. The van der Waals surface area contributed by atoms with Gasteiger partial charge < -0.3 is 42.6 Å². The number of carboxylic acids is 1. The number of carbonyl (C=O) groups is 4. The molecule has 13 nitrogen and oxygen atoms in total. The summed E-state index contributed by atoms with van der Waals surface area (Å²) in [6.45, 7) is 0.905. The van der Waals surface area contributed by atoms with Gasteiger partial charge in [0.25, 0.3) is 0 Å². The molecule has 0 aromatic rings. The van der Waals surface area contributed by atoms with Crippen molar-refractivity contribution in [2.45, 2.75) is 44.6 Å². The second-order valence-corrected chi connectivity index (χ2v) is 5.94. The first-order valence-electron chi connectivity index (χ1n) is 8.50. The minimum absolute atomic E-state index is 0.107. The van der Waals surface area contributed by atoms with E-state index >= 15 is 0 Å². The Hall–Kier alpha value is -2.87. The van der Waals surface area contributed by atoms with Gasteiger partial charge in [-0.05, 0) is 19.3 Å². The van der Waals surface area contributed by atoms with Crippen LogP contribution in [0.3, 0.4) is 0 Å². The summed E-state index contributed by atoms with van der Waals surface area (Å²) < 4.78 is 0. The number of nitrogens with one attached hydrogen (secondary N) is 3. The summed E-state index contributed by atoms with van der Waals surface area (Å²) in [6.07, 6.45) is 0.0398. The van der Waals surface area contributed by atoms with Gasteiger partial charge in [0.05, 0.1) is 12.5 Å². The molecule has 0 aromatic carbocycles. The maximum Gasteiger partial charge on any atom is 0.475 e. The number of hydrogen-bond acceptors (Lipinski definition) is 7. The molecule has 10 N–H and O–H groups in total. The number of hydrogen-bond donors (Lipinski definition) is 8. The van der Waals surface area contributed by atoms with Gasteiger partial charge in [0.1, 0.15) is 6.04 Å². The average molecular weight is 402 g/mol. The molecule has 0 aliphatic carbocycles. The van der Waals surface area contributed by atoms with Crippen LogP contribution in [0.1, 0.15) is 32.6 Å². The van der Waals surface area contributed by atoms with Crippen molar-refractivity contribution < 1.29 is 34.3 Å². The summed E-state index contributed by atoms with van der Waals surface area (Å²) in [5, 5.41) is 34.2. The van der Waals surface area contributed by atoms with Crippen molar-refractivity contribution in [3.05, 3.63) is 0 Å². The van der Waals surface area contributed by atoms with E-state index in [0.717, 1.165) is 0 Å². The van der Waals surface area contributed by atoms with Gasteiger partial charge in [-0.3, -0.25) is 24.2 Å². The Kier molecular flexibility index (Phi) is 12.0.